The maximum absolute atomic E-state index is 11.0. The molecule has 1 aromatic rings. The highest BCUT2D eigenvalue weighted by molar-refractivity contribution is 5.94. The molecule has 5 heteroatoms. The lowest BCUT2D eigenvalue weighted by atomic mass is 10.1. The third-order valence-corrected chi connectivity index (χ3v) is 3.65. The Labute approximate surface area is 113 Å². The molecule has 0 aromatic heterocycles. The number of hydrogen-bond donors (Lipinski definition) is 3. The average molecular weight is 263 g/mol. The summed E-state index contributed by atoms with van der Waals surface area (Å²) in [7, 11) is 0. The van der Waals surface area contributed by atoms with Gasteiger partial charge in [0, 0.05) is 24.0 Å². The normalized spacial score (nSPS) is 17.3. The molecule has 1 heterocycles. The standard InChI is InChI=1S/C14H21N3O2/c1-10(17-6-2-3-7-17)9-16-11-4-5-13(15)12(8-11)14(18)19/h4-5,8,10,16H,2-3,6-7,9,15H2,1H3,(H,18,19). The van der Waals surface area contributed by atoms with E-state index in [2.05, 4.69) is 17.1 Å². The summed E-state index contributed by atoms with van der Waals surface area (Å²) in [6, 6.07) is 5.49. The van der Waals surface area contributed by atoms with Crippen LogP contribution >= 0.6 is 0 Å². The Balaban J connectivity index is 1.95. The number of nitrogen functional groups attached to an aromatic ring is 1. The summed E-state index contributed by atoms with van der Waals surface area (Å²) < 4.78 is 0. The first kappa shape index (κ1) is 13.7. The molecule has 4 N–H and O–H groups in total. The fourth-order valence-electron chi connectivity index (χ4n) is 2.43. The lowest BCUT2D eigenvalue weighted by Gasteiger charge is -2.24. The molecule has 19 heavy (non-hydrogen) atoms. The molecule has 0 amide bonds. The predicted octanol–water partition coefficient (Wildman–Crippen LogP) is 1.86. The van der Waals surface area contributed by atoms with Gasteiger partial charge in [0.25, 0.3) is 0 Å². The third-order valence-electron chi connectivity index (χ3n) is 3.65. The monoisotopic (exact) mass is 263 g/mol. The summed E-state index contributed by atoms with van der Waals surface area (Å²) in [6.07, 6.45) is 2.55. The van der Waals surface area contributed by atoms with Gasteiger partial charge in [0.2, 0.25) is 0 Å². The van der Waals surface area contributed by atoms with Gasteiger partial charge in [-0.25, -0.2) is 4.79 Å². The van der Waals surface area contributed by atoms with Crippen LogP contribution in [0.25, 0.3) is 0 Å². The Morgan fingerprint density at radius 3 is 2.79 bits per heavy atom. The molecule has 0 spiro atoms. The van der Waals surface area contributed by atoms with Crippen LogP contribution in [-0.4, -0.2) is 41.7 Å². The molecule has 1 atom stereocenters. The molecule has 1 saturated heterocycles. The van der Waals surface area contributed by atoms with Gasteiger partial charge in [0.05, 0.1) is 5.56 Å². The Morgan fingerprint density at radius 1 is 1.47 bits per heavy atom. The molecule has 1 aromatic carbocycles. The highest BCUT2D eigenvalue weighted by atomic mass is 16.4. The van der Waals surface area contributed by atoms with Crippen LogP contribution in [0.15, 0.2) is 18.2 Å². The van der Waals surface area contributed by atoms with E-state index in [1.165, 1.54) is 12.8 Å². The van der Waals surface area contributed by atoms with Crippen LogP contribution in [0.2, 0.25) is 0 Å². The van der Waals surface area contributed by atoms with Crippen molar-refractivity contribution in [2.45, 2.75) is 25.8 Å². The van der Waals surface area contributed by atoms with Crippen molar-refractivity contribution >= 4 is 17.3 Å². The van der Waals surface area contributed by atoms with Crippen molar-refractivity contribution in [2.75, 3.05) is 30.7 Å². The number of carbonyl (C=O) groups is 1. The van der Waals surface area contributed by atoms with Gasteiger partial charge in [-0.1, -0.05) is 0 Å². The first-order chi connectivity index (χ1) is 9.08. The number of rotatable bonds is 5. The molecule has 1 aliphatic rings. The van der Waals surface area contributed by atoms with Crippen LogP contribution in [-0.2, 0) is 0 Å². The van der Waals surface area contributed by atoms with E-state index in [0.717, 1.165) is 25.3 Å². The molecule has 104 valence electrons. The van der Waals surface area contributed by atoms with E-state index in [9.17, 15) is 4.79 Å². The second-order valence-electron chi connectivity index (χ2n) is 5.08. The van der Waals surface area contributed by atoms with Gasteiger partial charge < -0.3 is 16.2 Å². The number of hydrogen-bond acceptors (Lipinski definition) is 4. The molecule has 1 aliphatic heterocycles. The zero-order valence-corrected chi connectivity index (χ0v) is 11.2. The molecular formula is C14H21N3O2. The maximum Gasteiger partial charge on any atom is 0.337 e. The molecule has 5 nitrogen and oxygen atoms in total. The SMILES string of the molecule is CC(CNc1ccc(N)c(C(=O)O)c1)N1CCCC1. The first-order valence-electron chi connectivity index (χ1n) is 6.68. The fourth-order valence-corrected chi connectivity index (χ4v) is 2.43. The molecule has 1 unspecified atom stereocenters. The van der Waals surface area contributed by atoms with E-state index in [1.54, 1.807) is 12.1 Å². The molecular weight excluding hydrogens is 242 g/mol. The van der Waals surface area contributed by atoms with E-state index >= 15 is 0 Å². The zero-order chi connectivity index (χ0) is 13.8. The van der Waals surface area contributed by atoms with Crippen molar-refractivity contribution in [3.05, 3.63) is 23.8 Å². The van der Waals surface area contributed by atoms with Crippen molar-refractivity contribution < 1.29 is 9.90 Å². The number of nitrogens with one attached hydrogen (secondary N) is 1. The van der Waals surface area contributed by atoms with Gasteiger partial charge in [0.15, 0.2) is 0 Å². The third kappa shape index (κ3) is 3.38. The largest absolute Gasteiger partial charge is 0.478 e. The van der Waals surface area contributed by atoms with Gasteiger partial charge in [-0.15, -0.1) is 0 Å². The molecule has 0 bridgehead atoms. The summed E-state index contributed by atoms with van der Waals surface area (Å²) in [5.41, 5.74) is 6.88. The summed E-state index contributed by atoms with van der Waals surface area (Å²) in [4.78, 5) is 13.5. The van der Waals surface area contributed by atoms with Crippen LogP contribution in [0.1, 0.15) is 30.1 Å². The lowest BCUT2D eigenvalue weighted by molar-refractivity contribution is 0.0698. The fraction of sp³-hybridized carbons (Fsp3) is 0.500. The Bertz CT molecular complexity index is 456. The van der Waals surface area contributed by atoms with Crippen LogP contribution in [0.3, 0.4) is 0 Å². The average Bonchev–Trinajstić information content (AvgIpc) is 2.91. The van der Waals surface area contributed by atoms with E-state index in [-0.39, 0.29) is 5.56 Å². The minimum atomic E-state index is -0.992. The predicted molar refractivity (Wildman–Crippen MR) is 76.6 cm³/mol. The van der Waals surface area contributed by atoms with E-state index in [0.29, 0.717) is 11.7 Å². The highest BCUT2D eigenvalue weighted by Crippen LogP contribution is 2.18. The number of carboxylic acid groups (broad SMARTS) is 1. The Hall–Kier alpha value is -1.75. The van der Waals surface area contributed by atoms with Crippen LogP contribution < -0.4 is 11.1 Å². The Kier molecular flexibility index (Phi) is 4.27. The number of likely N-dealkylation sites (tertiary alicyclic amines) is 1. The summed E-state index contributed by atoms with van der Waals surface area (Å²) in [6.45, 7) is 5.31. The van der Waals surface area contributed by atoms with Crippen molar-refractivity contribution in [3.8, 4) is 0 Å². The van der Waals surface area contributed by atoms with E-state index < -0.39 is 5.97 Å². The van der Waals surface area contributed by atoms with Crippen molar-refractivity contribution in [3.63, 3.8) is 0 Å². The smallest absolute Gasteiger partial charge is 0.337 e. The summed E-state index contributed by atoms with van der Waals surface area (Å²) in [5, 5.41) is 12.3. The lowest BCUT2D eigenvalue weighted by Crippen LogP contribution is -2.35. The molecule has 0 radical (unpaired) electrons. The highest BCUT2D eigenvalue weighted by Gasteiger charge is 2.17. The molecule has 2 rings (SSSR count). The topological polar surface area (TPSA) is 78.6 Å². The molecule has 1 fully saturated rings. The van der Waals surface area contributed by atoms with Crippen LogP contribution in [0.5, 0.6) is 0 Å². The number of anilines is 2. The van der Waals surface area contributed by atoms with Crippen LogP contribution in [0, 0.1) is 0 Å². The van der Waals surface area contributed by atoms with E-state index in [1.807, 2.05) is 6.07 Å². The Morgan fingerprint density at radius 2 is 2.16 bits per heavy atom. The quantitative estimate of drug-likeness (QED) is 0.707. The molecule has 0 saturated carbocycles. The van der Waals surface area contributed by atoms with Crippen molar-refractivity contribution in [2.24, 2.45) is 0 Å². The van der Waals surface area contributed by atoms with Crippen molar-refractivity contribution in [1.82, 2.24) is 4.90 Å². The number of nitrogens with zero attached hydrogens (tertiary/aromatic N) is 1. The van der Waals surface area contributed by atoms with Gasteiger partial charge >= 0.3 is 5.97 Å². The van der Waals surface area contributed by atoms with Crippen molar-refractivity contribution in [1.29, 1.82) is 0 Å². The molecule has 0 aliphatic carbocycles. The van der Waals surface area contributed by atoms with Gasteiger partial charge in [-0.2, -0.15) is 0 Å². The van der Waals surface area contributed by atoms with E-state index in [4.69, 9.17) is 10.8 Å². The second kappa shape index (κ2) is 5.93. The number of benzene rings is 1. The van der Waals surface area contributed by atoms with Crippen LogP contribution in [0.4, 0.5) is 11.4 Å². The van der Waals surface area contributed by atoms with Gasteiger partial charge in [0.1, 0.15) is 0 Å². The summed E-state index contributed by atoms with van der Waals surface area (Å²) >= 11 is 0. The summed E-state index contributed by atoms with van der Waals surface area (Å²) in [5.74, 6) is -0.992. The maximum atomic E-state index is 11.0. The second-order valence-corrected chi connectivity index (χ2v) is 5.08. The first-order valence-corrected chi connectivity index (χ1v) is 6.68. The zero-order valence-electron chi connectivity index (χ0n) is 11.2. The minimum Gasteiger partial charge on any atom is -0.478 e. The van der Waals surface area contributed by atoms with Gasteiger partial charge in [-0.05, 0) is 51.1 Å². The number of nitrogens with two attached hydrogens (primary N) is 1. The number of carboxylic acids is 1. The minimum absolute atomic E-state index is 0.152. The van der Waals surface area contributed by atoms with Gasteiger partial charge in [-0.3, -0.25) is 4.90 Å². The number of aromatic carboxylic acids is 1.